The van der Waals surface area contributed by atoms with Gasteiger partial charge in [0.05, 0.1) is 0 Å². The minimum atomic E-state index is -0.384. The number of allylic oxidation sites excluding steroid dienone is 1. The fourth-order valence-electron chi connectivity index (χ4n) is 5.55. The van der Waals surface area contributed by atoms with Crippen LogP contribution in [0.2, 0.25) is 0 Å². The van der Waals surface area contributed by atoms with Crippen LogP contribution in [0.4, 0.5) is 0 Å². The van der Waals surface area contributed by atoms with E-state index in [0.717, 1.165) is 52.6 Å². The molecule has 39 heavy (non-hydrogen) atoms. The number of phenols is 1. The smallest absolute Gasteiger partial charge is 0.253 e. The second kappa shape index (κ2) is 11.1. The SMILES string of the molecule is CC1=C(c2cccc(C(=O)N(C)C)c2)C(c2ccc(OC[C@H](C)N3CC[C@@H](C)C3)cc2)Oc2ccc(O)cc21. The summed E-state index contributed by atoms with van der Waals surface area (Å²) in [4.78, 5) is 16.8. The molecule has 6 nitrogen and oxygen atoms in total. The second-order valence-electron chi connectivity index (χ2n) is 11.1. The first-order chi connectivity index (χ1) is 18.7. The number of rotatable bonds is 7. The van der Waals surface area contributed by atoms with E-state index in [1.165, 1.54) is 6.42 Å². The fourth-order valence-corrected chi connectivity index (χ4v) is 5.55. The summed E-state index contributed by atoms with van der Waals surface area (Å²) in [5.41, 5.74) is 5.32. The molecule has 2 heterocycles. The van der Waals surface area contributed by atoms with Gasteiger partial charge in [-0.25, -0.2) is 0 Å². The van der Waals surface area contributed by atoms with Crippen LogP contribution in [0.25, 0.3) is 11.1 Å². The van der Waals surface area contributed by atoms with Crippen molar-refractivity contribution in [3.05, 3.63) is 89.0 Å². The topological polar surface area (TPSA) is 62.2 Å². The zero-order valence-electron chi connectivity index (χ0n) is 23.5. The van der Waals surface area contributed by atoms with Crippen LogP contribution in [0.1, 0.15) is 60.3 Å². The molecule has 5 rings (SSSR count). The summed E-state index contributed by atoms with van der Waals surface area (Å²) in [6.45, 7) is 9.51. The summed E-state index contributed by atoms with van der Waals surface area (Å²) in [6, 6.07) is 21.3. The van der Waals surface area contributed by atoms with Crippen LogP contribution in [0, 0.1) is 5.92 Å². The monoisotopic (exact) mass is 526 g/mol. The number of ether oxygens (including phenoxy) is 2. The molecular weight excluding hydrogens is 488 g/mol. The number of nitrogens with zero attached hydrogens (tertiary/aromatic N) is 2. The van der Waals surface area contributed by atoms with Crippen molar-refractivity contribution < 1.29 is 19.4 Å². The maximum atomic E-state index is 12.7. The zero-order chi connectivity index (χ0) is 27.7. The average Bonchev–Trinajstić information content (AvgIpc) is 3.38. The lowest BCUT2D eigenvalue weighted by molar-refractivity contribution is 0.0827. The van der Waals surface area contributed by atoms with Crippen LogP contribution in [0.15, 0.2) is 66.7 Å². The molecule has 1 saturated heterocycles. The third kappa shape index (κ3) is 5.66. The van der Waals surface area contributed by atoms with Gasteiger partial charge in [0.15, 0.2) is 0 Å². The first-order valence-corrected chi connectivity index (χ1v) is 13.7. The Morgan fingerprint density at radius 3 is 2.59 bits per heavy atom. The Kier molecular flexibility index (Phi) is 7.67. The van der Waals surface area contributed by atoms with Crippen molar-refractivity contribution >= 4 is 17.1 Å². The van der Waals surface area contributed by atoms with E-state index in [2.05, 4.69) is 30.9 Å². The number of hydrogen-bond donors (Lipinski definition) is 1. The van der Waals surface area contributed by atoms with Crippen molar-refractivity contribution in [1.29, 1.82) is 0 Å². The van der Waals surface area contributed by atoms with Gasteiger partial charge in [0.2, 0.25) is 0 Å². The number of amides is 1. The Balaban J connectivity index is 1.44. The van der Waals surface area contributed by atoms with Crippen LogP contribution in [-0.2, 0) is 0 Å². The lowest BCUT2D eigenvalue weighted by atomic mass is 9.85. The Labute approximate surface area is 231 Å². The Morgan fingerprint density at radius 1 is 1.13 bits per heavy atom. The van der Waals surface area contributed by atoms with Gasteiger partial charge in [-0.05, 0) is 91.9 Å². The third-order valence-electron chi connectivity index (χ3n) is 7.86. The summed E-state index contributed by atoms with van der Waals surface area (Å²) in [6.07, 6.45) is 0.871. The van der Waals surface area contributed by atoms with Crippen molar-refractivity contribution in [2.24, 2.45) is 5.92 Å². The molecular formula is C33H38N2O4. The molecule has 3 atom stereocenters. The molecule has 0 spiro atoms. The van der Waals surface area contributed by atoms with Crippen LogP contribution >= 0.6 is 0 Å². The van der Waals surface area contributed by atoms with Crippen LogP contribution in [0.3, 0.4) is 0 Å². The number of carbonyl (C=O) groups excluding carboxylic acids is 1. The fraction of sp³-hybridized carbons (Fsp3) is 0.364. The van der Waals surface area contributed by atoms with Gasteiger partial charge in [-0.1, -0.05) is 31.2 Å². The molecule has 1 fully saturated rings. The first-order valence-electron chi connectivity index (χ1n) is 13.7. The molecule has 1 amide bonds. The maximum Gasteiger partial charge on any atom is 0.253 e. The number of phenolic OH excluding ortho intramolecular Hbond substituents is 1. The van der Waals surface area contributed by atoms with Gasteiger partial charge in [0, 0.05) is 43.4 Å². The van der Waals surface area contributed by atoms with Crippen molar-refractivity contribution in [2.75, 3.05) is 33.8 Å². The van der Waals surface area contributed by atoms with Crippen molar-refractivity contribution in [3.63, 3.8) is 0 Å². The Morgan fingerprint density at radius 2 is 1.90 bits per heavy atom. The average molecular weight is 527 g/mol. The molecule has 0 aromatic heterocycles. The molecule has 1 N–H and O–H groups in total. The number of carbonyl (C=O) groups is 1. The highest BCUT2D eigenvalue weighted by molar-refractivity contribution is 5.99. The van der Waals surface area contributed by atoms with Crippen molar-refractivity contribution in [2.45, 2.75) is 39.3 Å². The summed E-state index contributed by atoms with van der Waals surface area (Å²) < 4.78 is 12.7. The number of benzene rings is 3. The third-order valence-corrected chi connectivity index (χ3v) is 7.86. The van der Waals surface area contributed by atoms with Crippen molar-refractivity contribution in [1.82, 2.24) is 9.80 Å². The summed E-state index contributed by atoms with van der Waals surface area (Å²) in [5, 5.41) is 10.2. The van der Waals surface area contributed by atoms with E-state index in [0.29, 0.717) is 24.0 Å². The normalized spacial score (nSPS) is 19.8. The van der Waals surface area contributed by atoms with Gasteiger partial charge in [-0.3, -0.25) is 9.69 Å². The van der Waals surface area contributed by atoms with Crippen LogP contribution in [-0.4, -0.2) is 60.6 Å². The lowest BCUT2D eigenvalue weighted by Gasteiger charge is -2.31. The minimum Gasteiger partial charge on any atom is -0.508 e. The molecule has 6 heteroatoms. The summed E-state index contributed by atoms with van der Waals surface area (Å²) >= 11 is 0. The summed E-state index contributed by atoms with van der Waals surface area (Å²) in [5.74, 6) is 2.43. The molecule has 0 bridgehead atoms. The highest BCUT2D eigenvalue weighted by atomic mass is 16.5. The molecule has 0 radical (unpaired) electrons. The van der Waals surface area contributed by atoms with E-state index in [4.69, 9.17) is 9.47 Å². The molecule has 204 valence electrons. The van der Waals surface area contributed by atoms with Gasteiger partial charge in [0.25, 0.3) is 5.91 Å². The van der Waals surface area contributed by atoms with Crippen LogP contribution in [0.5, 0.6) is 17.2 Å². The van der Waals surface area contributed by atoms with Gasteiger partial charge < -0.3 is 19.5 Å². The number of aromatic hydroxyl groups is 1. The standard InChI is InChI=1S/C33H38N2O4/c1-21-15-16-35(19-21)22(2)20-38-28-12-9-24(10-13-28)32-31(23(3)29-18-27(36)11-14-30(29)39-32)25-7-6-8-26(17-25)33(37)34(4)5/h6-14,17-18,21-22,32,36H,15-16,19-20H2,1-5H3/t21-,22+,32?/m1/s1. The van der Waals surface area contributed by atoms with Crippen LogP contribution < -0.4 is 9.47 Å². The molecule has 0 saturated carbocycles. The molecule has 2 aliphatic rings. The van der Waals surface area contributed by atoms with E-state index in [1.54, 1.807) is 31.1 Å². The van der Waals surface area contributed by atoms with E-state index in [1.807, 2.05) is 49.4 Å². The predicted octanol–water partition coefficient (Wildman–Crippen LogP) is 6.27. The van der Waals surface area contributed by atoms with Gasteiger partial charge in [0.1, 0.15) is 30.0 Å². The number of hydrogen-bond acceptors (Lipinski definition) is 5. The molecule has 0 aliphatic carbocycles. The number of likely N-dealkylation sites (tertiary alicyclic amines) is 1. The largest absolute Gasteiger partial charge is 0.508 e. The lowest BCUT2D eigenvalue weighted by Crippen LogP contribution is -2.35. The van der Waals surface area contributed by atoms with E-state index < -0.39 is 0 Å². The minimum absolute atomic E-state index is 0.0551. The maximum absolute atomic E-state index is 12.7. The van der Waals surface area contributed by atoms with Gasteiger partial charge in [-0.15, -0.1) is 0 Å². The molecule has 3 aromatic rings. The first kappa shape index (κ1) is 26.8. The highest BCUT2D eigenvalue weighted by Gasteiger charge is 2.30. The Hall–Kier alpha value is -3.77. The summed E-state index contributed by atoms with van der Waals surface area (Å²) in [7, 11) is 3.50. The van der Waals surface area contributed by atoms with Crippen molar-refractivity contribution in [3.8, 4) is 17.2 Å². The quantitative estimate of drug-likeness (QED) is 0.393. The Bertz CT molecular complexity index is 1380. The van der Waals surface area contributed by atoms with E-state index in [9.17, 15) is 9.90 Å². The van der Waals surface area contributed by atoms with Gasteiger partial charge >= 0.3 is 0 Å². The zero-order valence-corrected chi connectivity index (χ0v) is 23.5. The number of fused-ring (bicyclic) bond motifs is 1. The molecule has 1 unspecified atom stereocenters. The predicted molar refractivity (Wildman–Crippen MR) is 155 cm³/mol. The molecule has 3 aromatic carbocycles. The highest BCUT2D eigenvalue weighted by Crippen LogP contribution is 2.47. The van der Waals surface area contributed by atoms with E-state index >= 15 is 0 Å². The second-order valence-corrected chi connectivity index (χ2v) is 11.1. The van der Waals surface area contributed by atoms with E-state index in [-0.39, 0.29) is 17.8 Å². The molecule has 2 aliphatic heterocycles. The van der Waals surface area contributed by atoms with Gasteiger partial charge in [-0.2, -0.15) is 0 Å².